The highest BCUT2D eigenvalue weighted by atomic mass is 16.6. The summed E-state index contributed by atoms with van der Waals surface area (Å²) in [5.41, 5.74) is -1.46. The van der Waals surface area contributed by atoms with Crippen molar-refractivity contribution in [3.63, 3.8) is 0 Å². The van der Waals surface area contributed by atoms with Gasteiger partial charge in [0.1, 0.15) is 28.9 Å². The second kappa shape index (κ2) is 8.97. The Hall–Kier alpha value is -4.72. The molecule has 32 heavy (non-hydrogen) atoms. The molecule has 3 aromatic rings. The van der Waals surface area contributed by atoms with Crippen LogP contribution < -0.4 is 15.0 Å². The SMILES string of the molecule is COc1ccc(Oc2ccc(N=Nc3c(C)c(C#N)c(O)n(C)c3=O)c([N+](=O)[O-])c2)cc1. The molecule has 2 aromatic carbocycles. The molecule has 0 radical (unpaired) electrons. The van der Waals surface area contributed by atoms with E-state index in [1.807, 2.05) is 0 Å². The van der Waals surface area contributed by atoms with E-state index in [1.54, 1.807) is 30.3 Å². The zero-order valence-corrected chi connectivity index (χ0v) is 17.3. The number of rotatable bonds is 6. The number of nitrogens with zero attached hydrogens (tertiary/aromatic N) is 5. The van der Waals surface area contributed by atoms with Crippen LogP contribution in [-0.4, -0.2) is 21.7 Å². The zero-order chi connectivity index (χ0) is 23.4. The third kappa shape index (κ3) is 4.24. The Morgan fingerprint density at radius 1 is 1.12 bits per heavy atom. The predicted octanol–water partition coefficient (Wildman–Crippen LogP) is 4.40. The Balaban J connectivity index is 1.98. The monoisotopic (exact) mass is 435 g/mol. The lowest BCUT2D eigenvalue weighted by Crippen LogP contribution is -2.18. The summed E-state index contributed by atoms with van der Waals surface area (Å²) in [5, 5.41) is 38.4. The molecule has 11 heteroatoms. The summed E-state index contributed by atoms with van der Waals surface area (Å²) in [6.07, 6.45) is 0. The van der Waals surface area contributed by atoms with Crippen LogP contribution in [0.15, 0.2) is 57.5 Å². The Morgan fingerprint density at radius 3 is 2.34 bits per heavy atom. The lowest BCUT2D eigenvalue weighted by molar-refractivity contribution is -0.384. The van der Waals surface area contributed by atoms with Crippen molar-refractivity contribution in [3.05, 3.63) is 74.1 Å². The van der Waals surface area contributed by atoms with Crippen LogP contribution in [0, 0.1) is 28.4 Å². The largest absolute Gasteiger partial charge is 0.497 e. The molecule has 1 heterocycles. The van der Waals surface area contributed by atoms with Crippen molar-refractivity contribution in [1.82, 2.24) is 4.57 Å². The van der Waals surface area contributed by atoms with Crippen LogP contribution >= 0.6 is 0 Å². The van der Waals surface area contributed by atoms with E-state index in [9.17, 15) is 25.3 Å². The van der Waals surface area contributed by atoms with Gasteiger partial charge in [-0.1, -0.05) is 0 Å². The first-order chi connectivity index (χ1) is 15.3. The van der Waals surface area contributed by atoms with E-state index in [0.29, 0.717) is 11.5 Å². The van der Waals surface area contributed by atoms with Gasteiger partial charge in [0.05, 0.1) is 18.1 Å². The molecule has 0 saturated carbocycles. The van der Waals surface area contributed by atoms with E-state index < -0.39 is 22.0 Å². The van der Waals surface area contributed by atoms with Gasteiger partial charge >= 0.3 is 0 Å². The summed E-state index contributed by atoms with van der Waals surface area (Å²) in [7, 11) is 2.80. The topological polar surface area (TPSA) is 152 Å². The summed E-state index contributed by atoms with van der Waals surface area (Å²) < 4.78 is 11.6. The minimum atomic E-state index is -0.704. The van der Waals surface area contributed by atoms with Crippen LogP contribution in [0.3, 0.4) is 0 Å². The second-order valence-corrected chi connectivity index (χ2v) is 6.53. The van der Waals surface area contributed by atoms with E-state index in [0.717, 1.165) is 4.57 Å². The average Bonchev–Trinajstić information content (AvgIpc) is 2.79. The predicted molar refractivity (Wildman–Crippen MR) is 113 cm³/mol. The van der Waals surface area contributed by atoms with E-state index in [1.165, 1.54) is 39.3 Å². The molecule has 0 aliphatic heterocycles. The summed E-state index contributed by atoms with van der Waals surface area (Å²) in [4.78, 5) is 23.3. The number of hydrogen-bond donors (Lipinski definition) is 1. The molecule has 1 N–H and O–H groups in total. The number of nitro benzene ring substituents is 1. The van der Waals surface area contributed by atoms with Crippen molar-refractivity contribution in [3.8, 4) is 29.2 Å². The average molecular weight is 435 g/mol. The quantitative estimate of drug-likeness (QED) is 0.342. The van der Waals surface area contributed by atoms with Crippen molar-refractivity contribution >= 4 is 17.1 Å². The smallest absolute Gasteiger partial charge is 0.300 e. The third-order valence-corrected chi connectivity index (χ3v) is 4.59. The summed E-state index contributed by atoms with van der Waals surface area (Å²) in [6, 6.07) is 12.4. The van der Waals surface area contributed by atoms with Crippen molar-refractivity contribution in [1.29, 1.82) is 5.26 Å². The normalized spacial score (nSPS) is 10.7. The molecule has 0 unspecified atom stereocenters. The number of aromatic nitrogens is 1. The fourth-order valence-electron chi connectivity index (χ4n) is 2.80. The van der Waals surface area contributed by atoms with E-state index in [4.69, 9.17) is 9.47 Å². The van der Waals surface area contributed by atoms with Gasteiger partial charge in [-0.3, -0.25) is 19.5 Å². The fourth-order valence-corrected chi connectivity index (χ4v) is 2.80. The Labute approximate surface area is 181 Å². The number of benzene rings is 2. The van der Waals surface area contributed by atoms with E-state index in [2.05, 4.69) is 10.2 Å². The fraction of sp³-hybridized carbons (Fsp3) is 0.143. The maximum Gasteiger partial charge on any atom is 0.300 e. The molecule has 11 nitrogen and oxygen atoms in total. The molecule has 0 amide bonds. The van der Waals surface area contributed by atoms with Gasteiger partial charge in [-0.2, -0.15) is 5.26 Å². The molecule has 0 fully saturated rings. The third-order valence-electron chi connectivity index (χ3n) is 4.59. The first-order valence-electron chi connectivity index (χ1n) is 9.11. The van der Waals surface area contributed by atoms with Gasteiger partial charge in [0.25, 0.3) is 11.2 Å². The summed E-state index contributed by atoms with van der Waals surface area (Å²) in [5.74, 6) is 0.778. The highest BCUT2D eigenvalue weighted by Crippen LogP contribution is 2.35. The summed E-state index contributed by atoms with van der Waals surface area (Å²) >= 11 is 0. The van der Waals surface area contributed by atoms with Gasteiger partial charge in [-0.15, -0.1) is 10.2 Å². The number of pyridine rings is 1. The Morgan fingerprint density at radius 2 is 1.75 bits per heavy atom. The van der Waals surface area contributed by atoms with E-state index in [-0.39, 0.29) is 28.3 Å². The van der Waals surface area contributed by atoms with Crippen LogP contribution in [0.25, 0.3) is 0 Å². The molecular weight excluding hydrogens is 418 g/mol. The molecule has 0 spiro atoms. The molecule has 3 rings (SSSR count). The number of aromatic hydroxyl groups is 1. The standard InChI is InChI=1S/C21H17N5O6/c1-12-16(11-22)20(27)25(2)21(28)19(12)24-23-17-9-8-15(10-18(17)26(29)30)32-14-6-4-13(31-3)5-7-14/h4-10,27H,1-3H3. The maximum absolute atomic E-state index is 12.4. The molecule has 1 aromatic heterocycles. The minimum absolute atomic E-state index is 0.110. The van der Waals surface area contributed by atoms with Crippen LogP contribution in [-0.2, 0) is 7.05 Å². The van der Waals surface area contributed by atoms with Crippen molar-refractivity contribution in [2.45, 2.75) is 6.92 Å². The number of ether oxygens (including phenoxy) is 2. The molecule has 162 valence electrons. The number of methoxy groups -OCH3 is 1. The Bertz CT molecular complexity index is 1320. The highest BCUT2D eigenvalue weighted by molar-refractivity contribution is 5.61. The Kier molecular flexibility index (Phi) is 6.16. The molecule has 0 aliphatic rings. The first-order valence-corrected chi connectivity index (χ1v) is 9.11. The lowest BCUT2D eigenvalue weighted by Gasteiger charge is -2.08. The van der Waals surface area contributed by atoms with Crippen LogP contribution in [0.4, 0.5) is 17.1 Å². The first kappa shape index (κ1) is 22.0. The zero-order valence-electron chi connectivity index (χ0n) is 17.3. The van der Waals surface area contributed by atoms with Crippen LogP contribution in [0.5, 0.6) is 23.1 Å². The molecule has 0 saturated heterocycles. The maximum atomic E-state index is 12.4. The van der Waals surface area contributed by atoms with Gasteiger partial charge in [0.2, 0.25) is 5.88 Å². The molecule has 0 bridgehead atoms. The number of hydrogen-bond acceptors (Lipinski definition) is 9. The van der Waals surface area contributed by atoms with Gasteiger partial charge in [-0.05, 0) is 43.3 Å². The van der Waals surface area contributed by atoms with Gasteiger partial charge in [0, 0.05) is 12.6 Å². The second-order valence-electron chi connectivity index (χ2n) is 6.53. The minimum Gasteiger partial charge on any atom is -0.497 e. The van der Waals surface area contributed by atoms with Crippen molar-refractivity contribution in [2.75, 3.05) is 7.11 Å². The number of nitro groups is 1. The van der Waals surface area contributed by atoms with Crippen LogP contribution in [0.2, 0.25) is 0 Å². The lowest BCUT2D eigenvalue weighted by atomic mass is 10.1. The highest BCUT2D eigenvalue weighted by Gasteiger charge is 2.19. The van der Waals surface area contributed by atoms with Gasteiger partial charge in [0.15, 0.2) is 11.4 Å². The van der Waals surface area contributed by atoms with Crippen molar-refractivity contribution < 1.29 is 19.5 Å². The van der Waals surface area contributed by atoms with Crippen molar-refractivity contribution in [2.24, 2.45) is 17.3 Å². The molecular formula is C21H17N5O6. The number of azo groups is 1. The molecule has 0 atom stereocenters. The van der Waals surface area contributed by atoms with Gasteiger partial charge in [-0.25, -0.2) is 0 Å². The van der Waals surface area contributed by atoms with Crippen LogP contribution in [0.1, 0.15) is 11.1 Å². The van der Waals surface area contributed by atoms with Gasteiger partial charge < -0.3 is 14.6 Å². The number of nitriles is 1. The summed E-state index contributed by atoms with van der Waals surface area (Å²) in [6.45, 7) is 1.42. The van der Waals surface area contributed by atoms with E-state index >= 15 is 0 Å². The molecule has 0 aliphatic carbocycles.